The van der Waals surface area contributed by atoms with Gasteiger partial charge in [0.25, 0.3) is 0 Å². The molecule has 0 aromatic heterocycles. The molecular weight excluding hydrogens is 328 g/mol. The summed E-state index contributed by atoms with van der Waals surface area (Å²) >= 11 is 6.31. The standard InChI is InChI=1S/C17H25ClN4O2/c1-2-3-4-5-8-20-17(24)21-13-6-7-15(14(18)11-13)22-10-9-19-16(23)12-22/h6-7,11H,2-5,8-10,12H2,1H3,(H,19,23)(H2,20,21,24). The number of piperazine rings is 1. The molecule has 1 heterocycles. The second-order valence-corrected chi connectivity index (χ2v) is 6.29. The Balaban J connectivity index is 1.85. The monoisotopic (exact) mass is 352 g/mol. The molecule has 7 heteroatoms. The summed E-state index contributed by atoms with van der Waals surface area (Å²) in [5.41, 5.74) is 1.44. The lowest BCUT2D eigenvalue weighted by Crippen LogP contribution is -2.47. The Labute approximate surface area is 147 Å². The zero-order chi connectivity index (χ0) is 17.4. The third-order valence-electron chi connectivity index (χ3n) is 3.90. The number of nitrogens with one attached hydrogen (secondary N) is 3. The van der Waals surface area contributed by atoms with Crippen molar-refractivity contribution in [3.05, 3.63) is 23.2 Å². The van der Waals surface area contributed by atoms with E-state index >= 15 is 0 Å². The van der Waals surface area contributed by atoms with Crippen molar-refractivity contribution in [2.45, 2.75) is 32.6 Å². The number of halogens is 1. The first-order chi connectivity index (χ1) is 11.6. The van der Waals surface area contributed by atoms with Crippen molar-refractivity contribution in [2.75, 3.05) is 36.4 Å². The molecule has 3 amide bonds. The molecule has 1 aliphatic heterocycles. The molecule has 0 bridgehead atoms. The van der Waals surface area contributed by atoms with E-state index in [0.717, 1.165) is 25.1 Å². The molecule has 6 nitrogen and oxygen atoms in total. The zero-order valence-electron chi connectivity index (χ0n) is 14.0. The van der Waals surface area contributed by atoms with Gasteiger partial charge < -0.3 is 20.9 Å². The van der Waals surface area contributed by atoms with Crippen LogP contribution in [0.4, 0.5) is 16.2 Å². The average molecular weight is 353 g/mol. The van der Waals surface area contributed by atoms with Crippen molar-refractivity contribution >= 4 is 34.9 Å². The first-order valence-electron chi connectivity index (χ1n) is 8.46. The Morgan fingerprint density at radius 3 is 2.88 bits per heavy atom. The van der Waals surface area contributed by atoms with E-state index in [1.54, 1.807) is 12.1 Å². The van der Waals surface area contributed by atoms with Gasteiger partial charge in [-0.3, -0.25) is 4.79 Å². The molecule has 132 valence electrons. The summed E-state index contributed by atoms with van der Waals surface area (Å²) in [6, 6.07) is 5.11. The van der Waals surface area contributed by atoms with Crippen LogP contribution in [0.1, 0.15) is 32.6 Å². The molecule has 0 spiro atoms. The fourth-order valence-corrected chi connectivity index (χ4v) is 2.91. The fourth-order valence-electron chi connectivity index (χ4n) is 2.61. The minimum atomic E-state index is -0.229. The summed E-state index contributed by atoms with van der Waals surface area (Å²) < 4.78 is 0. The van der Waals surface area contributed by atoms with Crippen LogP contribution in [-0.2, 0) is 4.79 Å². The maximum atomic E-state index is 11.9. The van der Waals surface area contributed by atoms with E-state index < -0.39 is 0 Å². The number of hydrogen-bond acceptors (Lipinski definition) is 3. The van der Waals surface area contributed by atoms with E-state index in [9.17, 15) is 9.59 Å². The smallest absolute Gasteiger partial charge is 0.319 e. The van der Waals surface area contributed by atoms with Gasteiger partial charge in [0.05, 0.1) is 17.3 Å². The van der Waals surface area contributed by atoms with Gasteiger partial charge in [-0.25, -0.2) is 4.79 Å². The maximum Gasteiger partial charge on any atom is 0.319 e. The lowest BCUT2D eigenvalue weighted by atomic mass is 10.2. The second-order valence-electron chi connectivity index (χ2n) is 5.88. The number of carbonyl (C=O) groups excluding carboxylic acids is 2. The van der Waals surface area contributed by atoms with E-state index in [2.05, 4.69) is 22.9 Å². The minimum absolute atomic E-state index is 0.0121. The highest BCUT2D eigenvalue weighted by Crippen LogP contribution is 2.29. The van der Waals surface area contributed by atoms with E-state index in [1.807, 2.05) is 11.0 Å². The highest BCUT2D eigenvalue weighted by Gasteiger charge is 2.18. The molecule has 0 atom stereocenters. The number of benzene rings is 1. The number of unbranched alkanes of at least 4 members (excludes halogenated alkanes) is 3. The third-order valence-corrected chi connectivity index (χ3v) is 4.20. The summed E-state index contributed by atoms with van der Waals surface area (Å²) in [6.07, 6.45) is 4.48. The van der Waals surface area contributed by atoms with Crippen LogP contribution in [0.2, 0.25) is 5.02 Å². The Hall–Kier alpha value is -1.95. The van der Waals surface area contributed by atoms with Crippen LogP contribution in [0.3, 0.4) is 0 Å². The Bertz CT molecular complexity index is 580. The fraction of sp³-hybridized carbons (Fsp3) is 0.529. The average Bonchev–Trinajstić information content (AvgIpc) is 2.55. The van der Waals surface area contributed by atoms with Crippen molar-refractivity contribution in [2.24, 2.45) is 0 Å². The minimum Gasteiger partial charge on any atom is -0.359 e. The SMILES string of the molecule is CCCCCCNC(=O)Nc1ccc(N2CCNC(=O)C2)c(Cl)c1. The van der Waals surface area contributed by atoms with Gasteiger partial charge in [-0.1, -0.05) is 37.8 Å². The largest absolute Gasteiger partial charge is 0.359 e. The van der Waals surface area contributed by atoms with Crippen molar-refractivity contribution < 1.29 is 9.59 Å². The van der Waals surface area contributed by atoms with Crippen molar-refractivity contribution in [1.82, 2.24) is 10.6 Å². The number of carbonyl (C=O) groups is 2. The Morgan fingerprint density at radius 2 is 2.17 bits per heavy atom. The molecule has 3 N–H and O–H groups in total. The van der Waals surface area contributed by atoms with Gasteiger partial charge in [-0.2, -0.15) is 0 Å². The predicted molar refractivity (Wildman–Crippen MR) is 97.8 cm³/mol. The number of hydrogen-bond donors (Lipinski definition) is 3. The predicted octanol–water partition coefficient (Wildman–Crippen LogP) is 2.98. The molecule has 0 aliphatic carbocycles. The first-order valence-corrected chi connectivity index (χ1v) is 8.84. The van der Waals surface area contributed by atoms with E-state index in [-0.39, 0.29) is 11.9 Å². The zero-order valence-corrected chi connectivity index (χ0v) is 14.8. The van der Waals surface area contributed by atoms with Crippen LogP contribution in [0.15, 0.2) is 18.2 Å². The van der Waals surface area contributed by atoms with Gasteiger partial charge in [0.2, 0.25) is 5.91 Å². The summed E-state index contributed by atoms with van der Waals surface area (Å²) in [6.45, 7) is 4.45. The lowest BCUT2D eigenvalue weighted by Gasteiger charge is -2.29. The molecule has 0 radical (unpaired) electrons. The molecule has 1 aromatic carbocycles. The lowest BCUT2D eigenvalue weighted by molar-refractivity contribution is -0.120. The maximum absolute atomic E-state index is 11.9. The Kier molecular flexibility index (Phi) is 7.18. The molecule has 2 rings (SSSR count). The second kappa shape index (κ2) is 9.37. The van der Waals surface area contributed by atoms with Gasteiger partial charge in [0.1, 0.15) is 0 Å². The Morgan fingerprint density at radius 1 is 1.33 bits per heavy atom. The molecule has 1 saturated heterocycles. The van der Waals surface area contributed by atoms with Crippen molar-refractivity contribution in [3.8, 4) is 0 Å². The molecule has 1 aromatic rings. The number of urea groups is 1. The quantitative estimate of drug-likeness (QED) is 0.660. The van der Waals surface area contributed by atoms with Crippen molar-refractivity contribution in [3.63, 3.8) is 0 Å². The number of anilines is 2. The summed E-state index contributed by atoms with van der Waals surface area (Å²) in [7, 11) is 0. The van der Waals surface area contributed by atoms with Crippen LogP contribution in [0.5, 0.6) is 0 Å². The van der Waals surface area contributed by atoms with Crippen LogP contribution < -0.4 is 20.9 Å². The van der Waals surface area contributed by atoms with E-state index in [4.69, 9.17) is 11.6 Å². The topological polar surface area (TPSA) is 73.5 Å². The molecule has 0 saturated carbocycles. The van der Waals surface area contributed by atoms with E-state index in [0.29, 0.717) is 30.3 Å². The molecule has 1 fully saturated rings. The van der Waals surface area contributed by atoms with Gasteiger partial charge >= 0.3 is 6.03 Å². The molecule has 24 heavy (non-hydrogen) atoms. The number of rotatable bonds is 7. The number of nitrogens with zero attached hydrogens (tertiary/aromatic N) is 1. The molecule has 0 unspecified atom stereocenters. The van der Waals surface area contributed by atoms with Gasteiger partial charge in [0, 0.05) is 25.3 Å². The first kappa shape index (κ1) is 18.4. The normalized spacial score (nSPS) is 14.2. The highest BCUT2D eigenvalue weighted by molar-refractivity contribution is 6.33. The van der Waals surface area contributed by atoms with Gasteiger partial charge in [0.15, 0.2) is 0 Å². The van der Waals surface area contributed by atoms with Crippen LogP contribution in [-0.4, -0.2) is 38.1 Å². The summed E-state index contributed by atoms with van der Waals surface area (Å²) in [5, 5.41) is 8.92. The van der Waals surface area contributed by atoms with Crippen LogP contribution >= 0.6 is 11.6 Å². The molecule has 1 aliphatic rings. The van der Waals surface area contributed by atoms with Crippen molar-refractivity contribution in [1.29, 1.82) is 0 Å². The van der Waals surface area contributed by atoms with Gasteiger partial charge in [-0.05, 0) is 24.6 Å². The van der Waals surface area contributed by atoms with Crippen LogP contribution in [0.25, 0.3) is 0 Å². The van der Waals surface area contributed by atoms with E-state index in [1.165, 1.54) is 12.8 Å². The third kappa shape index (κ3) is 5.60. The van der Waals surface area contributed by atoms with Gasteiger partial charge in [-0.15, -0.1) is 0 Å². The number of amides is 3. The van der Waals surface area contributed by atoms with Crippen LogP contribution in [0, 0.1) is 0 Å². The highest BCUT2D eigenvalue weighted by atomic mass is 35.5. The summed E-state index contributed by atoms with van der Waals surface area (Å²) in [5.74, 6) is -0.0121. The summed E-state index contributed by atoms with van der Waals surface area (Å²) in [4.78, 5) is 25.3. The molecular formula is C17H25ClN4O2.